The average molecular weight is 323 g/mol. The van der Waals surface area contributed by atoms with Crippen LogP contribution in [0.3, 0.4) is 0 Å². The van der Waals surface area contributed by atoms with Crippen molar-refractivity contribution in [1.82, 2.24) is 20.2 Å². The number of aromatic nitrogens is 4. The monoisotopic (exact) mass is 323 g/mol. The summed E-state index contributed by atoms with van der Waals surface area (Å²) in [4.78, 5) is 12.4. The van der Waals surface area contributed by atoms with Crippen molar-refractivity contribution in [2.24, 2.45) is 0 Å². The van der Waals surface area contributed by atoms with Gasteiger partial charge in [-0.25, -0.2) is 4.68 Å². The maximum atomic E-state index is 12.4. The lowest BCUT2D eigenvalue weighted by Crippen LogP contribution is -2.12. The number of anilines is 1. The van der Waals surface area contributed by atoms with Gasteiger partial charge in [-0.3, -0.25) is 4.79 Å². The molecule has 0 spiro atoms. The molecule has 0 aliphatic heterocycles. The van der Waals surface area contributed by atoms with Crippen molar-refractivity contribution >= 4 is 11.6 Å². The summed E-state index contributed by atoms with van der Waals surface area (Å²) >= 11 is 0. The van der Waals surface area contributed by atoms with E-state index in [-0.39, 0.29) is 5.91 Å². The molecule has 2 aromatic carbocycles. The third-order valence-corrected chi connectivity index (χ3v) is 3.49. The summed E-state index contributed by atoms with van der Waals surface area (Å²) in [5.41, 5.74) is 3.04. The lowest BCUT2D eigenvalue weighted by atomic mass is 10.1. The topological polar surface area (TPSA) is 81.9 Å². The van der Waals surface area contributed by atoms with Crippen molar-refractivity contribution in [3.63, 3.8) is 0 Å². The van der Waals surface area contributed by atoms with Gasteiger partial charge in [0.25, 0.3) is 5.91 Å². The van der Waals surface area contributed by atoms with Crippen LogP contribution in [0.25, 0.3) is 5.69 Å². The molecule has 0 aliphatic rings. The molecule has 3 aromatic rings. The van der Waals surface area contributed by atoms with Crippen LogP contribution >= 0.6 is 0 Å². The summed E-state index contributed by atoms with van der Waals surface area (Å²) in [6, 6.07) is 12.6. The molecule has 0 fully saturated rings. The molecule has 1 heterocycles. The lowest BCUT2D eigenvalue weighted by Gasteiger charge is -2.10. The van der Waals surface area contributed by atoms with Gasteiger partial charge in [0.1, 0.15) is 12.1 Å². The number of benzene rings is 2. The van der Waals surface area contributed by atoms with Crippen molar-refractivity contribution < 1.29 is 9.53 Å². The molecule has 0 aliphatic carbocycles. The van der Waals surface area contributed by atoms with Crippen molar-refractivity contribution in [3.8, 4) is 11.4 Å². The number of tetrazole rings is 1. The van der Waals surface area contributed by atoms with E-state index >= 15 is 0 Å². The van der Waals surface area contributed by atoms with Crippen molar-refractivity contribution in [3.05, 3.63) is 59.9 Å². The highest BCUT2D eigenvalue weighted by Crippen LogP contribution is 2.19. The summed E-state index contributed by atoms with van der Waals surface area (Å²) in [6.45, 7) is 4.46. The summed E-state index contributed by atoms with van der Waals surface area (Å²) in [6.07, 6.45) is 1.51. The Labute approximate surface area is 139 Å². The number of carbonyl (C=O) groups excluding carboxylic acids is 1. The molecule has 1 amide bonds. The summed E-state index contributed by atoms with van der Waals surface area (Å²) in [7, 11) is 0. The molecular formula is C17H17N5O2. The molecule has 1 N–H and O–H groups in total. The fourth-order valence-corrected chi connectivity index (χ4v) is 2.28. The Morgan fingerprint density at radius 1 is 1.21 bits per heavy atom. The number of hydrogen-bond acceptors (Lipinski definition) is 5. The maximum Gasteiger partial charge on any atom is 0.255 e. The predicted octanol–water partition coefficient (Wildman–Crippen LogP) is 2.62. The van der Waals surface area contributed by atoms with Gasteiger partial charge in [-0.15, -0.1) is 5.10 Å². The smallest absolute Gasteiger partial charge is 0.255 e. The molecule has 0 radical (unpaired) electrons. The van der Waals surface area contributed by atoms with Gasteiger partial charge in [0.15, 0.2) is 0 Å². The molecule has 0 unspecified atom stereocenters. The number of nitrogens with zero attached hydrogens (tertiary/aromatic N) is 4. The van der Waals surface area contributed by atoms with E-state index in [4.69, 9.17) is 4.74 Å². The van der Waals surface area contributed by atoms with E-state index < -0.39 is 0 Å². The molecule has 0 atom stereocenters. The van der Waals surface area contributed by atoms with Crippen LogP contribution in [0.2, 0.25) is 0 Å². The van der Waals surface area contributed by atoms with E-state index in [1.54, 1.807) is 28.9 Å². The first-order valence-electron chi connectivity index (χ1n) is 7.55. The van der Waals surface area contributed by atoms with Crippen LogP contribution in [0.5, 0.6) is 5.75 Å². The fraction of sp³-hybridized carbons (Fsp3) is 0.176. The molecule has 3 rings (SSSR count). The minimum absolute atomic E-state index is 0.190. The first-order valence-corrected chi connectivity index (χ1v) is 7.55. The maximum absolute atomic E-state index is 12.4. The van der Waals surface area contributed by atoms with Crippen molar-refractivity contribution in [2.45, 2.75) is 13.8 Å². The minimum Gasteiger partial charge on any atom is -0.494 e. The van der Waals surface area contributed by atoms with E-state index in [9.17, 15) is 4.79 Å². The van der Waals surface area contributed by atoms with Gasteiger partial charge in [0.2, 0.25) is 0 Å². The molecule has 1 aromatic heterocycles. The summed E-state index contributed by atoms with van der Waals surface area (Å²) < 4.78 is 6.93. The van der Waals surface area contributed by atoms with Crippen molar-refractivity contribution in [2.75, 3.05) is 11.9 Å². The highest BCUT2D eigenvalue weighted by atomic mass is 16.5. The standard InChI is InChI=1S/C17H17N5O2/c1-3-24-15-8-5-13(6-9-15)17(23)19-14-7-4-12(2)16(10-14)22-11-18-20-21-22/h4-11H,3H2,1-2H3,(H,19,23). The normalized spacial score (nSPS) is 10.4. The Hall–Kier alpha value is -3.22. The molecule has 0 saturated carbocycles. The number of hydrogen-bond donors (Lipinski definition) is 1. The van der Waals surface area contributed by atoms with E-state index in [0.717, 1.165) is 17.0 Å². The molecule has 0 bridgehead atoms. The van der Waals surface area contributed by atoms with E-state index in [1.165, 1.54) is 6.33 Å². The van der Waals surface area contributed by atoms with Crippen LogP contribution in [-0.2, 0) is 0 Å². The number of nitrogens with one attached hydrogen (secondary N) is 1. The first kappa shape index (κ1) is 15.7. The highest BCUT2D eigenvalue weighted by Gasteiger charge is 2.09. The van der Waals surface area contributed by atoms with E-state index in [0.29, 0.717) is 17.9 Å². The largest absolute Gasteiger partial charge is 0.494 e. The minimum atomic E-state index is -0.190. The predicted molar refractivity (Wildman–Crippen MR) is 89.5 cm³/mol. The van der Waals surface area contributed by atoms with Gasteiger partial charge >= 0.3 is 0 Å². The van der Waals surface area contributed by atoms with E-state index in [1.807, 2.05) is 32.0 Å². The number of carbonyl (C=O) groups is 1. The number of aryl methyl sites for hydroxylation is 1. The Morgan fingerprint density at radius 2 is 2.00 bits per heavy atom. The zero-order valence-electron chi connectivity index (χ0n) is 13.4. The Kier molecular flexibility index (Phi) is 4.51. The zero-order valence-corrected chi connectivity index (χ0v) is 13.4. The molecular weight excluding hydrogens is 306 g/mol. The van der Waals surface area contributed by atoms with Gasteiger partial charge < -0.3 is 10.1 Å². The fourth-order valence-electron chi connectivity index (χ4n) is 2.28. The second-order valence-electron chi connectivity index (χ2n) is 5.17. The van der Waals surface area contributed by atoms with Crippen molar-refractivity contribution in [1.29, 1.82) is 0 Å². The Bertz CT molecular complexity index is 829. The van der Waals surface area contributed by atoms with Crippen LogP contribution in [0.4, 0.5) is 5.69 Å². The Balaban J connectivity index is 1.78. The molecule has 0 saturated heterocycles. The second kappa shape index (κ2) is 6.91. The molecule has 24 heavy (non-hydrogen) atoms. The average Bonchev–Trinajstić information content (AvgIpc) is 3.12. The van der Waals surface area contributed by atoms with Crippen LogP contribution in [0, 0.1) is 6.92 Å². The quantitative estimate of drug-likeness (QED) is 0.780. The number of ether oxygens (including phenoxy) is 1. The first-order chi connectivity index (χ1) is 11.7. The van der Waals surface area contributed by atoms with E-state index in [2.05, 4.69) is 20.8 Å². The molecule has 122 valence electrons. The number of rotatable bonds is 5. The van der Waals surface area contributed by atoms with Gasteiger partial charge in [-0.1, -0.05) is 6.07 Å². The van der Waals surface area contributed by atoms with Gasteiger partial charge in [0, 0.05) is 11.3 Å². The Morgan fingerprint density at radius 3 is 2.67 bits per heavy atom. The molecule has 7 heteroatoms. The third-order valence-electron chi connectivity index (χ3n) is 3.49. The lowest BCUT2D eigenvalue weighted by molar-refractivity contribution is 0.102. The zero-order chi connectivity index (χ0) is 16.9. The SMILES string of the molecule is CCOc1ccc(C(=O)Nc2ccc(C)c(-n3cnnn3)c2)cc1. The number of amides is 1. The molecule has 7 nitrogen and oxygen atoms in total. The van der Waals surface area contributed by atoms with Crippen LogP contribution < -0.4 is 10.1 Å². The van der Waals surface area contributed by atoms with Crippen LogP contribution in [0.15, 0.2) is 48.8 Å². The van der Waals surface area contributed by atoms with Gasteiger partial charge in [0.05, 0.1) is 12.3 Å². The summed E-state index contributed by atoms with van der Waals surface area (Å²) in [5, 5.41) is 14.0. The van der Waals surface area contributed by atoms with Gasteiger partial charge in [-0.05, 0) is 66.2 Å². The van der Waals surface area contributed by atoms with Gasteiger partial charge in [-0.2, -0.15) is 0 Å². The van der Waals surface area contributed by atoms with Crippen LogP contribution in [-0.4, -0.2) is 32.7 Å². The highest BCUT2D eigenvalue weighted by molar-refractivity contribution is 6.04. The second-order valence-corrected chi connectivity index (χ2v) is 5.17. The third kappa shape index (κ3) is 3.40. The van der Waals surface area contributed by atoms with Crippen LogP contribution in [0.1, 0.15) is 22.8 Å². The summed E-state index contributed by atoms with van der Waals surface area (Å²) in [5.74, 6) is 0.551.